The Hall–Kier alpha value is -3.37. The summed E-state index contributed by atoms with van der Waals surface area (Å²) in [4.78, 5) is 10.7. The number of nitrogens with zero attached hydrogens (tertiary/aromatic N) is 3. The maximum absolute atomic E-state index is 14.5. The van der Waals surface area contributed by atoms with Gasteiger partial charge >= 0.3 is 0 Å². The molecule has 0 spiro atoms. The second kappa shape index (κ2) is 9.35. The van der Waals surface area contributed by atoms with Crippen LogP contribution < -0.4 is 20.7 Å². The molecule has 7 nitrogen and oxygen atoms in total. The van der Waals surface area contributed by atoms with E-state index in [1.165, 1.54) is 12.1 Å². The lowest BCUT2D eigenvalue weighted by Crippen LogP contribution is -2.56. The van der Waals surface area contributed by atoms with Crippen molar-refractivity contribution in [1.82, 2.24) is 9.97 Å². The summed E-state index contributed by atoms with van der Waals surface area (Å²) in [6.07, 6.45) is 1.75. The Morgan fingerprint density at radius 1 is 1.14 bits per heavy atom. The molecule has 0 saturated carbocycles. The molecule has 4 heterocycles. The number of anilines is 2. The van der Waals surface area contributed by atoms with Crippen LogP contribution in [-0.2, 0) is 13.0 Å². The smallest absolute Gasteiger partial charge is 0.218 e. The number of aliphatic hydroxyl groups is 1. The highest BCUT2D eigenvalue weighted by Gasteiger charge is 2.34. The first-order valence-electron chi connectivity index (χ1n) is 11.5. The van der Waals surface area contributed by atoms with Crippen LogP contribution in [0.3, 0.4) is 0 Å². The molecule has 1 fully saturated rings. The summed E-state index contributed by atoms with van der Waals surface area (Å²) < 4.78 is 48.6. The first-order valence-corrected chi connectivity index (χ1v) is 11.5. The zero-order valence-corrected chi connectivity index (χ0v) is 19.1. The summed E-state index contributed by atoms with van der Waals surface area (Å²) in [6.45, 7) is 3.70. The number of aliphatic hydroxyl groups excluding tert-OH is 1. The largest absolute Gasteiger partial charge is 0.477 e. The van der Waals surface area contributed by atoms with Gasteiger partial charge in [-0.15, -0.1) is 0 Å². The number of aromatic nitrogens is 2. The molecule has 184 valence electrons. The Balaban J connectivity index is 1.45. The van der Waals surface area contributed by atoms with Crippen molar-refractivity contribution in [3.8, 4) is 17.1 Å². The fraction of sp³-hybridized carbons (Fsp3) is 0.360. The zero-order valence-electron chi connectivity index (χ0n) is 19.1. The third kappa shape index (κ3) is 4.39. The monoisotopic (exact) mass is 485 g/mol. The molecule has 1 saturated heterocycles. The van der Waals surface area contributed by atoms with E-state index < -0.39 is 35.2 Å². The van der Waals surface area contributed by atoms with Crippen molar-refractivity contribution in [1.29, 1.82) is 0 Å². The standard InChI is InChI=1S/C25H26F3N5O2/c1-13-11-33(12-19(29)24(13)34)23-15-7-8-35-25(15)31-10-20(23)30-9-14-5-6-18(28)22(32-14)21-16(26)3-2-4-17(21)27/h2-6,10,13,19,24,30,34H,7-9,11-12,29H2,1H3. The molecule has 2 aliphatic rings. The van der Waals surface area contributed by atoms with Gasteiger partial charge in [0.05, 0.1) is 48.1 Å². The number of piperidine rings is 1. The summed E-state index contributed by atoms with van der Waals surface area (Å²) in [5.41, 5.74) is 8.26. The lowest BCUT2D eigenvalue weighted by atomic mass is 9.92. The fourth-order valence-electron chi connectivity index (χ4n) is 4.78. The van der Waals surface area contributed by atoms with Gasteiger partial charge in [-0.2, -0.15) is 0 Å². The van der Waals surface area contributed by atoms with Gasteiger partial charge in [0.25, 0.3) is 0 Å². The first kappa shape index (κ1) is 23.4. The molecule has 5 rings (SSSR count). The Morgan fingerprint density at radius 2 is 1.91 bits per heavy atom. The first-order chi connectivity index (χ1) is 16.8. The second-order valence-electron chi connectivity index (χ2n) is 9.02. The van der Waals surface area contributed by atoms with Crippen LogP contribution in [0.5, 0.6) is 5.88 Å². The maximum Gasteiger partial charge on any atom is 0.218 e. The van der Waals surface area contributed by atoms with E-state index in [4.69, 9.17) is 10.5 Å². The molecule has 0 aliphatic carbocycles. The van der Waals surface area contributed by atoms with Gasteiger partial charge in [-0.05, 0) is 24.3 Å². The molecule has 0 bridgehead atoms. The average Bonchev–Trinajstić information content (AvgIpc) is 3.31. The summed E-state index contributed by atoms with van der Waals surface area (Å²) >= 11 is 0. The van der Waals surface area contributed by atoms with E-state index in [1.807, 2.05) is 6.92 Å². The molecule has 10 heteroatoms. The topological polar surface area (TPSA) is 96.5 Å². The van der Waals surface area contributed by atoms with Crippen LogP contribution in [0.15, 0.2) is 36.5 Å². The second-order valence-corrected chi connectivity index (χ2v) is 9.02. The van der Waals surface area contributed by atoms with Gasteiger partial charge in [0.15, 0.2) is 0 Å². The van der Waals surface area contributed by atoms with E-state index in [-0.39, 0.29) is 18.2 Å². The minimum atomic E-state index is -0.885. The number of halogens is 3. The van der Waals surface area contributed by atoms with Crippen molar-refractivity contribution in [3.63, 3.8) is 0 Å². The molecule has 0 amide bonds. The minimum Gasteiger partial charge on any atom is -0.477 e. The predicted molar refractivity (Wildman–Crippen MR) is 126 cm³/mol. The van der Waals surface area contributed by atoms with Crippen molar-refractivity contribution in [2.45, 2.75) is 32.0 Å². The van der Waals surface area contributed by atoms with E-state index in [9.17, 15) is 18.3 Å². The number of nitrogens with two attached hydrogens (primary N) is 1. The van der Waals surface area contributed by atoms with E-state index in [0.29, 0.717) is 43.4 Å². The zero-order chi connectivity index (χ0) is 24.7. The fourth-order valence-corrected chi connectivity index (χ4v) is 4.78. The lowest BCUT2D eigenvalue weighted by Gasteiger charge is -2.41. The molecular formula is C25H26F3N5O2. The van der Waals surface area contributed by atoms with Crippen molar-refractivity contribution in [3.05, 3.63) is 65.2 Å². The molecule has 2 aliphatic heterocycles. The minimum absolute atomic E-state index is 0.0327. The van der Waals surface area contributed by atoms with E-state index >= 15 is 0 Å². The number of rotatable bonds is 5. The molecule has 0 radical (unpaired) electrons. The molecule has 35 heavy (non-hydrogen) atoms. The van der Waals surface area contributed by atoms with Crippen LogP contribution in [0.4, 0.5) is 24.5 Å². The number of hydrogen-bond acceptors (Lipinski definition) is 7. The normalized spacial score (nSPS) is 21.5. The number of pyridine rings is 2. The maximum atomic E-state index is 14.5. The van der Waals surface area contributed by atoms with Crippen molar-refractivity contribution >= 4 is 11.4 Å². The van der Waals surface area contributed by atoms with Gasteiger partial charge in [-0.3, -0.25) is 0 Å². The van der Waals surface area contributed by atoms with Gasteiger partial charge in [-0.25, -0.2) is 23.1 Å². The van der Waals surface area contributed by atoms with E-state index in [0.717, 1.165) is 29.4 Å². The summed E-state index contributed by atoms with van der Waals surface area (Å²) in [6, 6.07) is 5.55. The molecule has 4 N–H and O–H groups in total. The number of nitrogens with one attached hydrogen (secondary N) is 1. The van der Waals surface area contributed by atoms with Crippen LogP contribution in [0, 0.1) is 23.4 Å². The van der Waals surface area contributed by atoms with Crippen molar-refractivity contribution in [2.75, 3.05) is 29.9 Å². The van der Waals surface area contributed by atoms with Crippen LogP contribution in [0.25, 0.3) is 11.3 Å². The van der Waals surface area contributed by atoms with Gasteiger partial charge in [0, 0.05) is 37.0 Å². The number of benzene rings is 1. The van der Waals surface area contributed by atoms with Gasteiger partial charge < -0.3 is 25.8 Å². The summed E-state index contributed by atoms with van der Waals surface area (Å²) in [7, 11) is 0. The average molecular weight is 486 g/mol. The van der Waals surface area contributed by atoms with Crippen LogP contribution in [0.1, 0.15) is 18.2 Å². The Kier molecular flexibility index (Phi) is 6.24. The quantitative estimate of drug-likeness (QED) is 0.511. The number of hydrogen-bond donors (Lipinski definition) is 3. The van der Waals surface area contributed by atoms with Gasteiger partial charge in [-0.1, -0.05) is 13.0 Å². The highest BCUT2D eigenvalue weighted by Crippen LogP contribution is 2.40. The number of fused-ring (bicyclic) bond motifs is 1. The summed E-state index contributed by atoms with van der Waals surface area (Å²) in [5, 5.41) is 13.6. The highest BCUT2D eigenvalue weighted by atomic mass is 19.1. The summed E-state index contributed by atoms with van der Waals surface area (Å²) in [5.74, 6) is -2.05. The van der Waals surface area contributed by atoms with Crippen LogP contribution >= 0.6 is 0 Å². The SMILES string of the molecule is CC1CN(c2c(NCc3ccc(F)c(-c4c(F)cccc4F)n3)cnc3c2CCO3)CC(N)C1O. The predicted octanol–water partition coefficient (Wildman–Crippen LogP) is 3.25. The van der Waals surface area contributed by atoms with E-state index in [1.54, 1.807) is 6.20 Å². The Morgan fingerprint density at radius 3 is 2.66 bits per heavy atom. The third-order valence-electron chi connectivity index (χ3n) is 6.54. The van der Waals surface area contributed by atoms with Gasteiger partial charge in [0.2, 0.25) is 5.88 Å². The van der Waals surface area contributed by atoms with Crippen molar-refractivity contribution < 1.29 is 23.0 Å². The van der Waals surface area contributed by atoms with Crippen LogP contribution in [-0.4, -0.2) is 46.9 Å². The van der Waals surface area contributed by atoms with Gasteiger partial charge in [0.1, 0.15) is 23.1 Å². The third-order valence-corrected chi connectivity index (χ3v) is 6.54. The molecule has 3 atom stereocenters. The molecule has 3 aromatic rings. The lowest BCUT2D eigenvalue weighted by molar-refractivity contribution is 0.0785. The molecule has 2 aromatic heterocycles. The number of ether oxygens (including phenoxy) is 1. The molecule has 3 unspecified atom stereocenters. The Bertz CT molecular complexity index is 1230. The highest BCUT2D eigenvalue weighted by molar-refractivity contribution is 5.76. The Labute approximate surface area is 200 Å². The van der Waals surface area contributed by atoms with Crippen LogP contribution in [0.2, 0.25) is 0 Å². The molecule has 1 aromatic carbocycles. The van der Waals surface area contributed by atoms with Crippen molar-refractivity contribution in [2.24, 2.45) is 11.7 Å². The van der Waals surface area contributed by atoms with E-state index in [2.05, 4.69) is 20.2 Å². The molecular weight excluding hydrogens is 459 g/mol.